The number of hydrogen-bond donors (Lipinski definition) is 2. The zero-order chi connectivity index (χ0) is 26.9. The molecule has 9 nitrogen and oxygen atoms in total. The van der Waals surface area contributed by atoms with Crippen molar-refractivity contribution in [3.63, 3.8) is 0 Å². The fraction of sp³-hybridized carbons (Fsp3) is 0.321. The molecule has 0 aliphatic carbocycles. The van der Waals surface area contributed by atoms with Gasteiger partial charge in [-0.2, -0.15) is 0 Å². The van der Waals surface area contributed by atoms with Gasteiger partial charge in [0, 0.05) is 81.4 Å². The molecule has 202 valence electrons. The number of pyridine rings is 1. The molecule has 2 aliphatic heterocycles. The van der Waals surface area contributed by atoms with Gasteiger partial charge in [-0.1, -0.05) is 23.7 Å². The SMILES string of the molecule is O=C(O)N1CCN(c2ccc(-c3nc4c(N5CCN(Cc6ccc(Cl)cc6)CC5)c(Br)cnc4[nH]3)cc2)CC1. The second kappa shape index (κ2) is 11.0. The molecule has 0 radical (unpaired) electrons. The fourth-order valence-electron chi connectivity index (χ4n) is 5.32. The zero-order valence-electron chi connectivity index (χ0n) is 21.4. The summed E-state index contributed by atoms with van der Waals surface area (Å²) in [5.74, 6) is 0.778. The summed E-state index contributed by atoms with van der Waals surface area (Å²) in [5.41, 5.74) is 6.03. The number of carboxylic acid groups (broad SMARTS) is 1. The first-order chi connectivity index (χ1) is 18.9. The number of hydrogen-bond acceptors (Lipinski definition) is 6. The lowest BCUT2D eigenvalue weighted by Gasteiger charge is -2.36. The molecule has 2 saturated heterocycles. The number of carbonyl (C=O) groups is 1. The topological polar surface area (TPSA) is 91.8 Å². The number of aromatic amines is 1. The Hall–Kier alpha value is -3.34. The van der Waals surface area contributed by atoms with Crippen LogP contribution in [0.5, 0.6) is 0 Å². The maximum absolute atomic E-state index is 11.2. The Morgan fingerprint density at radius 2 is 1.59 bits per heavy atom. The Morgan fingerprint density at radius 3 is 2.26 bits per heavy atom. The standard InChI is InChI=1S/C28H29BrClN7O2/c29-23-17-31-27-24(25(23)36-11-9-34(10-12-36)18-19-1-5-21(30)6-2-19)32-26(33-27)20-3-7-22(8-4-20)35-13-15-37(16-14-35)28(38)39/h1-8,17H,9-16,18H2,(H,38,39)(H,31,32,33). The molecule has 4 heterocycles. The summed E-state index contributed by atoms with van der Waals surface area (Å²) in [6.45, 7) is 7.02. The summed E-state index contributed by atoms with van der Waals surface area (Å²) in [7, 11) is 0. The van der Waals surface area contributed by atoms with Crippen molar-refractivity contribution in [3.05, 3.63) is 69.8 Å². The molecule has 11 heteroatoms. The lowest BCUT2D eigenvalue weighted by Crippen LogP contribution is -2.48. The van der Waals surface area contributed by atoms with Crippen LogP contribution < -0.4 is 9.80 Å². The lowest BCUT2D eigenvalue weighted by atomic mass is 10.1. The first kappa shape index (κ1) is 25.9. The normalized spacial score (nSPS) is 16.7. The van der Waals surface area contributed by atoms with E-state index < -0.39 is 6.09 Å². The summed E-state index contributed by atoms with van der Waals surface area (Å²) >= 11 is 9.77. The van der Waals surface area contributed by atoms with Crippen LogP contribution in [-0.4, -0.2) is 88.3 Å². The van der Waals surface area contributed by atoms with Crippen molar-refractivity contribution >= 4 is 56.2 Å². The van der Waals surface area contributed by atoms with Gasteiger partial charge in [0.2, 0.25) is 0 Å². The van der Waals surface area contributed by atoms with E-state index in [0.717, 1.165) is 76.1 Å². The minimum absolute atomic E-state index is 0.513. The molecular formula is C28H29BrClN7O2. The van der Waals surface area contributed by atoms with E-state index in [1.54, 1.807) is 0 Å². The number of amides is 1. The van der Waals surface area contributed by atoms with E-state index in [-0.39, 0.29) is 0 Å². The van der Waals surface area contributed by atoms with Crippen LogP contribution >= 0.6 is 27.5 Å². The molecule has 2 fully saturated rings. The largest absolute Gasteiger partial charge is 0.465 e. The third kappa shape index (κ3) is 5.54. The van der Waals surface area contributed by atoms with Crippen molar-refractivity contribution in [1.82, 2.24) is 24.8 Å². The van der Waals surface area contributed by atoms with Gasteiger partial charge in [-0.05, 0) is 57.9 Å². The Labute approximate surface area is 240 Å². The van der Waals surface area contributed by atoms with Gasteiger partial charge in [-0.15, -0.1) is 0 Å². The van der Waals surface area contributed by atoms with E-state index in [4.69, 9.17) is 16.6 Å². The van der Waals surface area contributed by atoms with Crippen LogP contribution in [0.25, 0.3) is 22.6 Å². The van der Waals surface area contributed by atoms with Gasteiger partial charge in [0.05, 0.1) is 10.2 Å². The van der Waals surface area contributed by atoms with E-state index in [1.165, 1.54) is 10.5 Å². The minimum Gasteiger partial charge on any atom is -0.465 e. The van der Waals surface area contributed by atoms with E-state index in [9.17, 15) is 9.90 Å². The van der Waals surface area contributed by atoms with Crippen molar-refractivity contribution in [3.8, 4) is 11.4 Å². The molecule has 6 rings (SSSR count). The highest BCUT2D eigenvalue weighted by Crippen LogP contribution is 2.35. The van der Waals surface area contributed by atoms with Crippen LogP contribution in [0.4, 0.5) is 16.2 Å². The van der Waals surface area contributed by atoms with Crippen LogP contribution in [0, 0.1) is 0 Å². The number of halogens is 2. The van der Waals surface area contributed by atoms with Gasteiger partial charge in [0.15, 0.2) is 5.65 Å². The molecule has 2 aliphatic rings. The number of piperazine rings is 2. The number of aromatic nitrogens is 3. The molecule has 0 saturated carbocycles. The summed E-state index contributed by atoms with van der Waals surface area (Å²) in [5, 5.41) is 9.96. The third-order valence-electron chi connectivity index (χ3n) is 7.51. The summed E-state index contributed by atoms with van der Waals surface area (Å²) in [4.78, 5) is 32.7. The average Bonchev–Trinajstić information content (AvgIpc) is 3.39. The number of H-pyrrole nitrogens is 1. The fourth-order valence-corrected chi connectivity index (χ4v) is 5.99. The molecule has 2 aromatic heterocycles. The van der Waals surface area contributed by atoms with Gasteiger partial charge >= 0.3 is 6.09 Å². The first-order valence-electron chi connectivity index (χ1n) is 13.0. The Balaban J connectivity index is 1.16. The maximum Gasteiger partial charge on any atom is 0.407 e. The number of nitrogens with zero attached hydrogens (tertiary/aromatic N) is 6. The van der Waals surface area contributed by atoms with Crippen LogP contribution in [0.2, 0.25) is 5.02 Å². The number of benzene rings is 2. The minimum atomic E-state index is -0.852. The molecule has 2 N–H and O–H groups in total. The van der Waals surface area contributed by atoms with Crippen molar-refractivity contribution < 1.29 is 9.90 Å². The molecule has 0 atom stereocenters. The highest BCUT2D eigenvalue weighted by molar-refractivity contribution is 9.10. The molecule has 39 heavy (non-hydrogen) atoms. The Kier molecular flexibility index (Phi) is 7.33. The van der Waals surface area contributed by atoms with Crippen LogP contribution in [0.15, 0.2) is 59.2 Å². The van der Waals surface area contributed by atoms with Gasteiger partial charge in [0.1, 0.15) is 11.3 Å². The second-order valence-corrected chi connectivity index (χ2v) is 11.2. The highest BCUT2D eigenvalue weighted by atomic mass is 79.9. The lowest BCUT2D eigenvalue weighted by molar-refractivity contribution is 0.142. The molecule has 0 bridgehead atoms. The summed E-state index contributed by atoms with van der Waals surface area (Å²) < 4.78 is 0.940. The van der Waals surface area contributed by atoms with Crippen molar-refractivity contribution in [2.24, 2.45) is 0 Å². The van der Waals surface area contributed by atoms with Gasteiger partial charge < -0.3 is 24.8 Å². The molecule has 4 aromatic rings. The number of imidazole rings is 1. The Bertz CT molecular complexity index is 1460. The van der Waals surface area contributed by atoms with Crippen LogP contribution in [-0.2, 0) is 6.54 Å². The van der Waals surface area contributed by atoms with Crippen LogP contribution in [0.1, 0.15) is 5.56 Å². The van der Waals surface area contributed by atoms with E-state index in [2.05, 4.69) is 77.0 Å². The zero-order valence-corrected chi connectivity index (χ0v) is 23.7. The third-order valence-corrected chi connectivity index (χ3v) is 8.34. The van der Waals surface area contributed by atoms with Crippen molar-refractivity contribution in [2.75, 3.05) is 62.2 Å². The Morgan fingerprint density at radius 1 is 0.923 bits per heavy atom. The molecule has 1 amide bonds. The average molecular weight is 611 g/mol. The number of fused-ring (bicyclic) bond motifs is 1. The number of nitrogens with one attached hydrogen (secondary N) is 1. The van der Waals surface area contributed by atoms with Crippen LogP contribution in [0.3, 0.4) is 0 Å². The van der Waals surface area contributed by atoms with Crippen molar-refractivity contribution in [1.29, 1.82) is 0 Å². The summed E-state index contributed by atoms with van der Waals surface area (Å²) in [6, 6.07) is 16.3. The molecule has 2 aromatic carbocycles. The van der Waals surface area contributed by atoms with E-state index >= 15 is 0 Å². The highest BCUT2D eigenvalue weighted by Gasteiger charge is 2.24. The first-order valence-corrected chi connectivity index (χ1v) is 14.2. The van der Waals surface area contributed by atoms with E-state index in [0.29, 0.717) is 26.2 Å². The molecule has 0 spiro atoms. The van der Waals surface area contributed by atoms with Gasteiger partial charge in [-0.25, -0.2) is 14.8 Å². The van der Waals surface area contributed by atoms with Gasteiger partial charge in [0.25, 0.3) is 0 Å². The number of rotatable bonds is 5. The predicted molar refractivity (Wildman–Crippen MR) is 158 cm³/mol. The molecular weight excluding hydrogens is 582 g/mol. The van der Waals surface area contributed by atoms with Crippen molar-refractivity contribution in [2.45, 2.75) is 6.54 Å². The monoisotopic (exact) mass is 609 g/mol. The maximum atomic E-state index is 11.2. The molecule has 0 unspecified atom stereocenters. The smallest absolute Gasteiger partial charge is 0.407 e. The van der Waals surface area contributed by atoms with Gasteiger partial charge in [-0.3, -0.25) is 4.90 Å². The summed E-state index contributed by atoms with van der Waals surface area (Å²) in [6.07, 6.45) is 0.994. The second-order valence-electron chi connectivity index (χ2n) is 9.93. The quantitative estimate of drug-likeness (QED) is 0.322. The predicted octanol–water partition coefficient (Wildman–Crippen LogP) is 5.16. The number of anilines is 2. The van der Waals surface area contributed by atoms with E-state index in [1.807, 2.05) is 18.3 Å².